The Balaban J connectivity index is 0.00000141. The van der Waals surface area contributed by atoms with E-state index in [2.05, 4.69) is 10.6 Å². The van der Waals surface area contributed by atoms with Crippen LogP contribution in [0.2, 0.25) is 0 Å². The normalized spacial score (nSPS) is 15.5. The van der Waals surface area contributed by atoms with Crippen LogP contribution in [-0.2, 0) is 16.1 Å². The molecule has 0 radical (unpaired) electrons. The van der Waals surface area contributed by atoms with Crippen LogP contribution in [0.15, 0.2) is 60.4 Å². The first kappa shape index (κ1) is 23.1. The highest BCUT2D eigenvalue weighted by molar-refractivity contribution is 6.07. The third kappa shape index (κ3) is 4.86. The minimum atomic E-state index is -0.457. The summed E-state index contributed by atoms with van der Waals surface area (Å²) in [6.45, 7) is 2.39. The summed E-state index contributed by atoms with van der Waals surface area (Å²) in [5.74, 6) is -1.35. The number of benzene rings is 2. The summed E-state index contributed by atoms with van der Waals surface area (Å²) in [5, 5.41) is 15.8. The number of rotatable bonds is 5. The largest absolute Gasteiger partial charge is 0.395 e. The van der Waals surface area contributed by atoms with Crippen LogP contribution in [-0.4, -0.2) is 35.3 Å². The summed E-state index contributed by atoms with van der Waals surface area (Å²) in [5.41, 5.74) is 3.58. The van der Waals surface area contributed by atoms with Gasteiger partial charge in [-0.05, 0) is 53.8 Å². The van der Waals surface area contributed by atoms with Crippen molar-refractivity contribution in [2.45, 2.75) is 25.8 Å². The highest BCUT2D eigenvalue weighted by atomic mass is 19.1. The number of nitrogens with one attached hydrogen (secondary N) is 2. The van der Waals surface area contributed by atoms with Gasteiger partial charge in [0.05, 0.1) is 19.3 Å². The van der Waals surface area contributed by atoms with Gasteiger partial charge >= 0.3 is 0 Å². The van der Waals surface area contributed by atoms with Gasteiger partial charge in [-0.3, -0.25) is 14.0 Å². The standard InChI is InChI=1S/C23H22FN3O3.CH3F/c1-14-10-16-6-7-27(8-9-28)21(16)12-20(14)26-23(30)19-13-25-22(29)11-18(19)15-2-4-17(24)5-3-15;1-2/h2-7,10,12-13,18,28H,8-9,11H2,1H3,(H,25,29)(H,26,30);1H3. The molecule has 0 spiro atoms. The van der Waals surface area contributed by atoms with Gasteiger partial charge in [-0.1, -0.05) is 12.1 Å². The van der Waals surface area contributed by atoms with E-state index in [1.54, 1.807) is 12.1 Å². The van der Waals surface area contributed by atoms with Crippen molar-refractivity contribution in [2.24, 2.45) is 0 Å². The smallest absolute Gasteiger partial charge is 0.253 e. The first-order chi connectivity index (χ1) is 15.5. The molecular weight excluding hydrogens is 416 g/mol. The summed E-state index contributed by atoms with van der Waals surface area (Å²) in [6.07, 6.45) is 3.44. The molecule has 3 aromatic rings. The molecule has 2 heterocycles. The van der Waals surface area contributed by atoms with Crippen LogP contribution < -0.4 is 10.6 Å². The summed E-state index contributed by atoms with van der Waals surface area (Å²) in [7, 11) is 0.500. The Morgan fingerprint density at radius 2 is 1.94 bits per heavy atom. The van der Waals surface area contributed by atoms with Crippen molar-refractivity contribution in [1.29, 1.82) is 0 Å². The minimum absolute atomic E-state index is 0.0191. The number of carbonyl (C=O) groups is 2. The molecule has 3 N–H and O–H groups in total. The van der Waals surface area contributed by atoms with Crippen LogP contribution >= 0.6 is 0 Å². The predicted octanol–water partition coefficient (Wildman–Crippen LogP) is 3.79. The third-order valence-electron chi connectivity index (χ3n) is 5.39. The van der Waals surface area contributed by atoms with Gasteiger partial charge in [0.2, 0.25) is 5.91 Å². The fourth-order valence-electron chi connectivity index (χ4n) is 3.81. The van der Waals surface area contributed by atoms with E-state index in [1.807, 2.05) is 35.9 Å². The molecule has 0 saturated heterocycles. The van der Waals surface area contributed by atoms with E-state index in [4.69, 9.17) is 0 Å². The lowest BCUT2D eigenvalue weighted by Gasteiger charge is -2.24. The molecule has 0 saturated carbocycles. The fourth-order valence-corrected chi connectivity index (χ4v) is 3.81. The number of aliphatic hydroxyl groups is 1. The Morgan fingerprint density at radius 3 is 2.62 bits per heavy atom. The number of aryl methyl sites for hydroxylation is 1. The van der Waals surface area contributed by atoms with Crippen LogP contribution in [0.3, 0.4) is 0 Å². The monoisotopic (exact) mass is 441 g/mol. The number of carbonyl (C=O) groups excluding carboxylic acids is 2. The zero-order valence-corrected chi connectivity index (χ0v) is 17.9. The fraction of sp³-hybridized carbons (Fsp3) is 0.250. The Kier molecular flexibility index (Phi) is 7.37. The number of aliphatic hydroxyl groups excluding tert-OH is 1. The molecule has 8 heteroatoms. The number of hydrogen-bond acceptors (Lipinski definition) is 3. The van der Waals surface area contributed by atoms with Gasteiger partial charge in [-0.2, -0.15) is 0 Å². The summed E-state index contributed by atoms with van der Waals surface area (Å²) >= 11 is 0. The third-order valence-corrected chi connectivity index (χ3v) is 5.39. The van der Waals surface area contributed by atoms with E-state index >= 15 is 0 Å². The molecule has 0 aliphatic carbocycles. The van der Waals surface area contributed by atoms with Crippen molar-refractivity contribution in [3.05, 3.63) is 77.4 Å². The van der Waals surface area contributed by atoms with E-state index < -0.39 is 5.92 Å². The maximum Gasteiger partial charge on any atom is 0.253 e. The maximum absolute atomic E-state index is 13.3. The number of alkyl halides is 1. The maximum atomic E-state index is 13.3. The summed E-state index contributed by atoms with van der Waals surface area (Å²) < 4.78 is 24.7. The SMILES string of the molecule is CF.Cc1cc2ccn(CCO)c2cc1NC(=O)C1=CNC(=O)CC1c1ccc(F)cc1. The summed E-state index contributed by atoms with van der Waals surface area (Å²) in [4.78, 5) is 25.0. The molecule has 1 aromatic heterocycles. The van der Waals surface area contributed by atoms with Gasteiger partial charge in [-0.25, -0.2) is 4.39 Å². The molecule has 2 aromatic carbocycles. The van der Waals surface area contributed by atoms with E-state index in [-0.39, 0.29) is 30.7 Å². The van der Waals surface area contributed by atoms with Crippen molar-refractivity contribution in [3.63, 3.8) is 0 Å². The Bertz CT molecular complexity index is 1150. The van der Waals surface area contributed by atoms with Crippen molar-refractivity contribution in [3.8, 4) is 0 Å². The molecule has 1 aliphatic rings. The highest BCUT2D eigenvalue weighted by Gasteiger charge is 2.29. The topological polar surface area (TPSA) is 83.4 Å². The van der Waals surface area contributed by atoms with Crippen molar-refractivity contribution in [1.82, 2.24) is 9.88 Å². The molecule has 2 amide bonds. The van der Waals surface area contributed by atoms with Crippen molar-refractivity contribution >= 4 is 28.4 Å². The quantitative estimate of drug-likeness (QED) is 0.563. The Morgan fingerprint density at radius 1 is 1.22 bits per heavy atom. The first-order valence-corrected chi connectivity index (χ1v) is 10.1. The summed E-state index contributed by atoms with van der Waals surface area (Å²) in [6, 6.07) is 11.7. The molecule has 1 aliphatic heterocycles. The lowest BCUT2D eigenvalue weighted by molar-refractivity contribution is -0.121. The van der Waals surface area contributed by atoms with Gasteiger partial charge in [0.15, 0.2) is 0 Å². The van der Waals surface area contributed by atoms with Gasteiger partial charge in [0.1, 0.15) is 5.82 Å². The number of nitrogens with zero attached hydrogens (tertiary/aromatic N) is 1. The number of hydrogen-bond donors (Lipinski definition) is 3. The van der Waals surface area contributed by atoms with Crippen molar-refractivity contribution in [2.75, 3.05) is 19.1 Å². The number of aromatic nitrogens is 1. The molecule has 1 unspecified atom stereocenters. The second kappa shape index (κ2) is 10.2. The van der Waals surface area contributed by atoms with Crippen molar-refractivity contribution < 1.29 is 23.5 Å². The molecule has 168 valence electrons. The van der Waals surface area contributed by atoms with E-state index in [1.165, 1.54) is 18.3 Å². The Labute approximate surface area is 184 Å². The van der Waals surface area contributed by atoms with Gasteiger partial charge in [-0.15, -0.1) is 0 Å². The molecule has 0 fully saturated rings. The zero-order valence-electron chi connectivity index (χ0n) is 17.9. The van der Waals surface area contributed by atoms with E-state index in [0.29, 0.717) is 30.5 Å². The van der Waals surface area contributed by atoms with Gasteiger partial charge in [0.25, 0.3) is 5.91 Å². The lowest BCUT2D eigenvalue weighted by atomic mass is 9.86. The average molecular weight is 441 g/mol. The Hall–Kier alpha value is -3.52. The van der Waals surface area contributed by atoms with Crippen LogP contribution in [0.4, 0.5) is 14.5 Å². The van der Waals surface area contributed by atoms with E-state index in [0.717, 1.165) is 16.5 Å². The van der Waals surface area contributed by atoms with Gasteiger partial charge < -0.3 is 20.3 Å². The highest BCUT2D eigenvalue weighted by Crippen LogP contribution is 2.32. The molecular formula is C24H25F2N3O3. The van der Waals surface area contributed by atoms with Gasteiger partial charge in [0, 0.05) is 42.5 Å². The molecule has 0 bridgehead atoms. The van der Waals surface area contributed by atoms with Crippen LogP contribution in [0.25, 0.3) is 10.9 Å². The lowest BCUT2D eigenvalue weighted by Crippen LogP contribution is -2.32. The number of fused-ring (bicyclic) bond motifs is 1. The van der Waals surface area contributed by atoms with Crippen LogP contribution in [0, 0.1) is 12.7 Å². The number of halogens is 2. The second-order valence-corrected chi connectivity index (χ2v) is 7.39. The first-order valence-electron chi connectivity index (χ1n) is 10.1. The molecule has 32 heavy (non-hydrogen) atoms. The molecule has 1 atom stereocenters. The molecule has 6 nitrogen and oxygen atoms in total. The second-order valence-electron chi connectivity index (χ2n) is 7.39. The van der Waals surface area contributed by atoms with Crippen LogP contribution in [0.1, 0.15) is 23.5 Å². The van der Waals surface area contributed by atoms with E-state index in [9.17, 15) is 23.5 Å². The molecule has 4 rings (SSSR count). The zero-order chi connectivity index (χ0) is 23.3. The van der Waals surface area contributed by atoms with Crippen LogP contribution in [0.5, 0.6) is 0 Å². The predicted molar refractivity (Wildman–Crippen MR) is 119 cm³/mol. The minimum Gasteiger partial charge on any atom is -0.395 e. The number of anilines is 1. The average Bonchev–Trinajstić information content (AvgIpc) is 3.17. The number of amides is 2.